The number of anilines is 1. The molecule has 1 aromatic heterocycles. The van der Waals surface area contributed by atoms with Crippen LogP contribution < -0.4 is 15.7 Å². The standard InChI is InChI=1S/C23H22N4O2/c1-3-27-22(28)18-11-7-8-12-20(18)25-23(27)26-24-15-19-17-10-6-5-9-16(17)13-14-21(19)29-4-2/h5-15H,3-4H2,1-2H3,(H,25,26)/b24-15-. The van der Waals surface area contributed by atoms with Crippen LogP contribution in [0.2, 0.25) is 0 Å². The van der Waals surface area contributed by atoms with Gasteiger partial charge in [0, 0.05) is 12.1 Å². The predicted octanol–water partition coefficient (Wildman–Crippen LogP) is 4.41. The fourth-order valence-electron chi connectivity index (χ4n) is 3.39. The monoisotopic (exact) mass is 386 g/mol. The maximum Gasteiger partial charge on any atom is 0.262 e. The zero-order chi connectivity index (χ0) is 20.2. The van der Waals surface area contributed by atoms with Crippen LogP contribution in [0.5, 0.6) is 5.75 Å². The molecule has 0 unspecified atom stereocenters. The summed E-state index contributed by atoms with van der Waals surface area (Å²) in [7, 11) is 0. The molecule has 0 saturated carbocycles. The molecule has 0 radical (unpaired) electrons. The topological polar surface area (TPSA) is 68.5 Å². The van der Waals surface area contributed by atoms with Gasteiger partial charge in [-0.3, -0.25) is 9.36 Å². The molecule has 1 N–H and O–H groups in total. The molecule has 0 atom stereocenters. The highest BCUT2D eigenvalue weighted by atomic mass is 16.5. The van der Waals surface area contributed by atoms with E-state index in [9.17, 15) is 4.79 Å². The van der Waals surface area contributed by atoms with Gasteiger partial charge in [-0.2, -0.15) is 5.10 Å². The van der Waals surface area contributed by atoms with Crippen LogP contribution in [0, 0.1) is 0 Å². The molecule has 146 valence electrons. The fourth-order valence-corrected chi connectivity index (χ4v) is 3.39. The fraction of sp³-hybridized carbons (Fsp3) is 0.174. The number of fused-ring (bicyclic) bond motifs is 2. The predicted molar refractivity (Wildman–Crippen MR) is 118 cm³/mol. The van der Waals surface area contributed by atoms with Crippen LogP contribution in [0.4, 0.5) is 5.95 Å². The number of nitrogens with zero attached hydrogens (tertiary/aromatic N) is 3. The lowest BCUT2D eigenvalue weighted by Crippen LogP contribution is -2.23. The molecule has 0 saturated heterocycles. The first-order chi connectivity index (χ1) is 14.2. The number of rotatable bonds is 6. The Morgan fingerprint density at radius 3 is 2.59 bits per heavy atom. The van der Waals surface area contributed by atoms with Crippen LogP contribution >= 0.6 is 0 Å². The molecule has 6 nitrogen and oxygen atoms in total. The van der Waals surface area contributed by atoms with Crippen molar-refractivity contribution in [2.24, 2.45) is 5.10 Å². The van der Waals surface area contributed by atoms with E-state index in [1.807, 2.05) is 62.4 Å². The van der Waals surface area contributed by atoms with Gasteiger partial charge in [0.2, 0.25) is 5.95 Å². The van der Waals surface area contributed by atoms with Crippen molar-refractivity contribution in [1.29, 1.82) is 0 Å². The largest absolute Gasteiger partial charge is 0.493 e. The Balaban J connectivity index is 1.75. The summed E-state index contributed by atoms with van der Waals surface area (Å²) < 4.78 is 7.36. The summed E-state index contributed by atoms with van der Waals surface area (Å²) in [4.78, 5) is 17.3. The lowest BCUT2D eigenvalue weighted by Gasteiger charge is -2.12. The minimum absolute atomic E-state index is 0.0871. The minimum atomic E-state index is -0.0871. The summed E-state index contributed by atoms with van der Waals surface area (Å²) >= 11 is 0. The number of aromatic nitrogens is 2. The Labute approximate surface area is 168 Å². The summed E-state index contributed by atoms with van der Waals surface area (Å²) in [5.74, 6) is 1.17. The average molecular weight is 386 g/mol. The van der Waals surface area contributed by atoms with Crippen LogP contribution in [0.3, 0.4) is 0 Å². The quantitative estimate of drug-likeness (QED) is 0.394. The van der Waals surface area contributed by atoms with Gasteiger partial charge >= 0.3 is 0 Å². The molecule has 0 fully saturated rings. The van der Waals surface area contributed by atoms with E-state index in [1.165, 1.54) is 0 Å². The lowest BCUT2D eigenvalue weighted by molar-refractivity contribution is 0.340. The normalized spacial score (nSPS) is 11.4. The molecule has 29 heavy (non-hydrogen) atoms. The van der Waals surface area contributed by atoms with Crippen LogP contribution in [0.1, 0.15) is 19.4 Å². The number of para-hydroxylation sites is 1. The number of ether oxygens (including phenoxy) is 1. The molecule has 0 bridgehead atoms. The van der Waals surface area contributed by atoms with Crippen molar-refractivity contribution in [3.63, 3.8) is 0 Å². The lowest BCUT2D eigenvalue weighted by atomic mass is 10.0. The molecular weight excluding hydrogens is 364 g/mol. The van der Waals surface area contributed by atoms with E-state index in [-0.39, 0.29) is 5.56 Å². The van der Waals surface area contributed by atoms with Gasteiger partial charge in [0.25, 0.3) is 5.56 Å². The molecular formula is C23H22N4O2. The van der Waals surface area contributed by atoms with Crippen LogP contribution in [0.15, 0.2) is 70.6 Å². The highest BCUT2D eigenvalue weighted by molar-refractivity contribution is 6.02. The second kappa shape index (κ2) is 8.14. The van der Waals surface area contributed by atoms with E-state index in [0.717, 1.165) is 22.1 Å². The Morgan fingerprint density at radius 1 is 1.03 bits per heavy atom. The first kappa shape index (κ1) is 18.7. The summed E-state index contributed by atoms with van der Waals surface area (Å²) in [6.45, 7) is 4.92. The second-order valence-corrected chi connectivity index (χ2v) is 6.50. The highest BCUT2D eigenvalue weighted by Crippen LogP contribution is 2.26. The average Bonchev–Trinajstić information content (AvgIpc) is 2.75. The van der Waals surface area contributed by atoms with Gasteiger partial charge in [-0.05, 0) is 42.8 Å². The Hall–Kier alpha value is -3.67. The third-order valence-electron chi connectivity index (χ3n) is 4.77. The maximum absolute atomic E-state index is 12.7. The van der Waals surface area contributed by atoms with E-state index in [2.05, 4.69) is 21.6 Å². The molecule has 1 heterocycles. The van der Waals surface area contributed by atoms with Gasteiger partial charge < -0.3 is 4.74 Å². The number of hydrogen-bond donors (Lipinski definition) is 1. The molecule has 0 aliphatic rings. The van der Waals surface area contributed by atoms with Gasteiger partial charge in [0.05, 0.1) is 23.7 Å². The smallest absolute Gasteiger partial charge is 0.262 e. The van der Waals surface area contributed by atoms with Crippen LogP contribution in [0.25, 0.3) is 21.7 Å². The molecule has 0 amide bonds. The van der Waals surface area contributed by atoms with Crippen molar-refractivity contribution in [2.75, 3.05) is 12.0 Å². The maximum atomic E-state index is 12.7. The number of hydrogen-bond acceptors (Lipinski definition) is 5. The molecule has 4 aromatic rings. The third kappa shape index (κ3) is 3.57. The second-order valence-electron chi connectivity index (χ2n) is 6.50. The van der Waals surface area contributed by atoms with Crippen molar-refractivity contribution < 1.29 is 4.74 Å². The van der Waals surface area contributed by atoms with E-state index in [0.29, 0.717) is 30.0 Å². The minimum Gasteiger partial charge on any atom is -0.493 e. The molecule has 6 heteroatoms. The molecule has 4 rings (SSSR count). The van der Waals surface area contributed by atoms with Gasteiger partial charge in [-0.25, -0.2) is 10.4 Å². The van der Waals surface area contributed by atoms with E-state index < -0.39 is 0 Å². The van der Waals surface area contributed by atoms with Crippen LogP contribution in [-0.2, 0) is 6.54 Å². The zero-order valence-corrected chi connectivity index (χ0v) is 16.4. The molecule has 3 aromatic carbocycles. The highest BCUT2D eigenvalue weighted by Gasteiger charge is 2.10. The summed E-state index contributed by atoms with van der Waals surface area (Å²) in [6.07, 6.45) is 1.72. The summed E-state index contributed by atoms with van der Waals surface area (Å²) in [5, 5.41) is 7.13. The Bertz CT molecular complexity index is 1260. The van der Waals surface area contributed by atoms with Gasteiger partial charge in [-0.1, -0.05) is 42.5 Å². The summed E-state index contributed by atoms with van der Waals surface area (Å²) in [6, 6.07) is 19.4. The van der Waals surface area contributed by atoms with Gasteiger partial charge in [-0.15, -0.1) is 0 Å². The summed E-state index contributed by atoms with van der Waals surface area (Å²) in [5.41, 5.74) is 4.38. The molecule has 0 aliphatic heterocycles. The Kier molecular flexibility index (Phi) is 5.24. The first-order valence-electron chi connectivity index (χ1n) is 9.66. The van der Waals surface area contributed by atoms with Crippen molar-refractivity contribution in [3.05, 3.63) is 76.6 Å². The van der Waals surface area contributed by atoms with Crippen LogP contribution in [-0.4, -0.2) is 22.4 Å². The Morgan fingerprint density at radius 2 is 1.79 bits per heavy atom. The van der Waals surface area contributed by atoms with E-state index in [1.54, 1.807) is 16.8 Å². The number of hydrazone groups is 1. The van der Waals surface area contributed by atoms with Crippen molar-refractivity contribution >= 4 is 33.8 Å². The molecule has 0 spiro atoms. The van der Waals surface area contributed by atoms with E-state index >= 15 is 0 Å². The number of nitrogens with one attached hydrogen (secondary N) is 1. The van der Waals surface area contributed by atoms with Crippen molar-refractivity contribution in [3.8, 4) is 5.75 Å². The number of benzene rings is 3. The van der Waals surface area contributed by atoms with Gasteiger partial charge in [0.15, 0.2) is 0 Å². The third-order valence-corrected chi connectivity index (χ3v) is 4.77. The van der Waals surface area contributed by atoms with Crippen molar-refractivity contribution in [1.82, 2.24) is 9.55 Å². The zero-order valence-electron chi connectivity index (χ0n) is 16.4. The van der Waals surface area contributed by atoms with Gasteiger partial charge in [0.1, 0.15) is 5.75 Å². The van der Waals surface area contributed by atoms with E-state index in [4.69, 9.17) is 4.74 Å². The SMILES string of the molecule is CCOc1ccc2ccccc2c1/C=N\Nc1nc2ccccc2c(=O)n1CC. The molecule has 0 aliphatic carbocycles. The van der Waals surface area contributed by atoms with Crippen molar-refractivity contribution in [2.45, 2.75) is 20.4 Å². The first-order valence-corrected chi connectivity index (χ1v) is 9.66.